The maximum absolute atomic E-state index is 12.2. The minimum absolute atomic E-state index is 0.0119. The monoisotopic (exact) mass is 245 g/mol. The average Bonchev–Trinajstić information content (AvgIpc) is 2.36. The lowest BCUT2D eigenvalue weighted by molar-refractivity contribution is 0.0996. The van der Waals surface area contributed by atoms with Gasteiger partial charge in [-0.3, -0.25) is 9.59 Å². The van der Waals surface area contributed by atoms with Gasteiger partial charge in [0.1, 0.15) is 16.9 Å². The zero-order valence-electron chi connectivity index (χ0n) is 10.2. The van der Waals surface area contributed by atoms with Crippen LogP contribution in [0.1, 0.15) is 35.9 Å². The summed E-state index contributed by atoms with van der Waals surface area (Å²) in [6.45, 7) is 2.03. The van der Waals surface area contributed by atoms with E-state index in [1.54, 1.807) is 24.3 Å². The van der Waals surface area contributed by atoms with Crippen molar-refractivity contribution < 1.29 is 9.21 Å². The number of benzene rings is 1. The van der Waals surface area contributed by atoms with Crippen molar-refractivity contribution in [3.8, 4) is 0 Å². The van der Waals surface area contributed by atoms with Crippen molar-refractivity contribution in [1.82, 2.24) is 0 Å². The zero-order valence-corrected chi connectivity index (χ0v) is 10.2. The van der Waals surface area contributed by atoms with Crippen LogP contribution >= 0.6 is 0 Å². The summed E-state index contributed by atoms with van der Waals surface area (Å²) in [5.74, 6) is -0.325. The highest BCUT2D eigenvalue weighted by atomic mass is 16.3. The molecule has 2 rings (SSSR count). The van der Waals surface area contributed by atoms with Gasteiger partial charge in [-0.25, -0.2) is 0 Å². The molecule has 18 heavy (non-hydrogen) atoms. The third-order valence-corrected chi connectivity index (χ3v) is 2.87. The summed E-state index contributed by atoms with van der Waals surface area (Å²) >= 11 is 0. The molecule has 0 aliphatic carbocycles. The van der Waals surface area contributed by atoms with Crippen LogP contribution in [0.5, 0.6) is 0 Å². The highest BCUT2D eigenvalue weighted by molar-refractivity contribution is 5.96. The number of carbonyl (C=O) groups is 1. The molecule has 0 fully saturated rings. The minimum atomic E-state index is -0.722. The lowest BCUT2D eigenvalue weighted by Gasteiger charge is -2.06. The molecule has 0 aliphatic rings. The molecule has 0 atom stereocenters. The Balaban J connectivity index is 2.71. The Kier molecular flexibility index (Phi) is 3.46. The Labute approximate surface area is 104 Å². The van der Waals surface area contributed by atoms with Crippen LogP contribution in [0.4, 0.5) is 0 Å². The van der Waals surface area contributed by atoms with Crippen molar-refractivity contribution in [2.75, 3.05) is 0 Å². The zero-order chi connectivity index (χ0) is 13.1. The Morgan fingerprint density at radius 2 is 2.06 bits per heavy atom. The quantitative estimate of drug-likeness (QED) is 0.897. The lowest BCUT2D eigenvalue weighted by Crippen LogP contribution is -2.24. The van der Waals surface area contributed by atoms with Gasteiger partial charge < -0.3 is 10.2 Å². The molecule has 1 amide bonds. The number of carbonyl (C=O) groups excluding carboxylic acids is 1. The van der Waals surface area contributed by atoms with Gasteiger partial charge in [-0.15, -0.1) is 0 Å². The molecule has 0 spiro atoms. The Morgan fingerprint density at radius 3 is 2.72 bits per heavy atom. The molecule has 0 bridgehead atoms. The molecular weight excluding hydrogens is 230 g/mol. The SMILES string of the molecule is CCCCc1oc2ccccc2c(=O)c1C(N)=O. The van der Waals surface area contributed by atoms with Gasteiger partial charge in [-0.1, -0.05) is 25.5 Å². The number of primary amides is 1. The Morgan fingerprint density at radius 1 is 1.33 bits per heavy atom. The topological polar surface area (TPSA) is 73.3 Å². The summed E-state index contributed by atoms with van der Waals surface area (Å²) in [6.07, 6.45) is 2.35. The third-order valence-electron chi connectivity index (χ3n) is 2.87. The van der Waals surface area contributed by atoms with E-state index in [9.17, 15) is 9.59 Å². The van der Waals surface area contributed by atoms with Crippen molar-refractivity contribution in [2.45, 2.75) is 26.2 Å². The molecule has 94 valence electrons. The Bertz CT molecular complexity index is 643. The van der Waals surface area contributed by atoms with Gasteiger partial charge >= 0.3 is 0 Å². The Hall–Kier alpha value is -2.10. The molecule has 2 aromatic rings. The number of para-hydroxylation sites is 1. The van der Waals surface area contributed by atoms with Gasteiger partial charge in [-0.2, -0.15) is 0 Å². The third kappa shape index (κ3) is 2.14. The summed E-state index contributed by atoms with van der Waals surface area (Å²) in [5.41, 5.74) is 5.43. The van der Waals surface area contributed by atoms with Crippen LogP contribution < -0.4 is 11.2 Å². The van der Waals surface area contributed by atoms with Crippen molar-refractivity contribution in [1.29, 1.82) is 0 Å². The van der Waals surface area contributed by atoms with Crippen LogP contribution in [0.3, 0.4) is 0 Å². The second-order valence-corrected chi connectivity index (χ2v) is 4.19. The molecule has 4 heteroatoms. The summed E-state index contributed by atoms with van der Waals surface area (Å²) < 4.78 is 5.64. The molecule has 1 aromatic heterocycles. The molecule has 4 nitrogen and oxygen atoms in total. The normalized spacial score (nSPS) is 10.7. The van der Waals surface area contributed by atoms with Gasteiger partial charge in [0.15, 0.2) is 0 Å². The molecule has 1 aromatic carbocycles. The fourth-order valence-electron chi connectivity index (χ4n) is 1.95. The van der Waals surface area contributed by atoms with Gasteiger partial charge in [0.25, 0.3) is 5.91 Å². The minimum Gasteiger partial charge on any atom is -0.460 e. The number of hydrogen-bond donors (Lipinski definition) is 1. The number of rotatable bonds is 4. The molecule has 0 unspecified atom stereocenters. The van der Waals surface area contributed by atoms with Crippen LogP contribution in [-0.2, 0) is 6.42 Å². The molecule has 2 N–H and O–H groups in total. The summed E-state index contributed by atoms with van der Waals surface area (Å²) in [7, 11) is 0. The van der Waals surface area contributed by atoms with E-state index in [4.69, 9.17) is 10.2 Å². The van der Waals surface area contributed by atoms with E-state index in [0.717, 1.165) is 12.8 Å². The predicted molar refractivity (Wildman–Crippen MR) is 69.6 cm³/mol. The van der Waals surface area contributed by atoms with E-state index in [-0.39, 0.29) is 11.0 Å². The van der Waals surface area contributed by atoms with Crippen LogP contribution in [0.25, 0.3) is 11.0 Å². The lowest BCUT2D eigenvalue weighted by atomic mass is 10.1. The number of aryl methyl sites for hydroxylation is 1. The molecule has 0 saturated heterocycles. The van der Waals surface area contributed by atoms with Crippen LogP contribution in [-0.4, -0.2) is 5.91 Å². The maximum Gasteiger partial charge on any atom is 0.256 e. The first-order valence-corrected chi connectivity index (χ1v) is 5.99. The van der Waals surface area contributed by atoms with Gasteiger partial charge in [0.2, 0.25) is 5.43 Å². The van der Waals surface area contributed by atoms with Crippen molar-refractivity contribution >= 4 is 16.9 Å². The van der Waals surface area contributed by atoms with E-state index >= 15 is 0 Å². The fraction of sp³-hybridized carbons (Fsp3) is 0.286. The van der Waals surface area contributed by atoms with Crippen LogP contribution in [0.15, 0.2) is 33.5 Å². The van der Waals surface area contributed by atoms with Crippen molar-refractivity contribution in [2.24, 2.45) is 5.73 Å². The largest absolute Gasteiger partial charge is 0.460 e. The van der Waals surface area contributed by atoms with Gasteiger partial charge in [0.05, 0.1) is 5.39 Å². The van der Waals surface area contributed by atoms with Crippen LogP contribution in [0.2, 0.25) is 0 Å². The van der Waals surface area contributed by atoms with Crippen molar-refractivity contribution in [3.63, 3.8) is 0 Å². The number of unbranched alkanes of at least 4 members (excludes halogenated alkanes) is 1. The van der Waals surface area contributed by atoms with E-state index < -0.39 is 5.91 Å². The highest BCUT2D eigenvalue weighted by Gasteiger charge is 2.17. The second-order valence-electron chi connectivity index (χ2n) is 4.19. The van der Waals surface area contributed by atoms with Gasteiger partial charge in [-0.05, 0) is 18.6 Å². The molecule has 0 saturated carbocycles. The first-order valence-electron chi connectivity index (χ1n) is 5.99. The number of hydrogen-bond acceptors (Lipinski definition) is 3. The maximum atomic E-state index is 12.2. The average molecular weight is 245 g/mol. The van der Waals surface area contributed by atoms with E-state index in [1.165, 1.54) is 0 Å². The standard InChI is InChI=1S/C14H15NO3/c1-2-3-7-11-12(14(15)17)13(16)9-6-4-5-8-10(9)18-11/h4-6,8H,2-3,7H2,1H3,(H2,15,17). The summed E-state index contributed by atoms with van der Waals surface area (Å²) in [6, 6.07) is 6.88. The molecule has 0 aliphatic heterocycles. The second kappa shape index (κ2) is 5.04. The van der Waals surface area contributed by atoms with Crippen LogP contribution in [0, 0.1) is 0 Å². The van der Waals surface area contributed by atoms with Gasteiger partial charge in [0, 0.05) is 6.42 Å². The number of amides is 1. The predicted octanol–water partition coefficient (Wildman–Crippen LogP) is 2.23. The highest BCUT2D eigenvalue weighted by Crippen LogP contribution is 2.17. The smallest absolute Gasteiger partial charge is 0.256 e. The number of fused-ring (bicyclic) bond motifs is 1. The molecule has 0 radical (unpaired) electrons. The summed E-state index contributed by atoms with van der Waals surface area (Å²) in [5, 5.41) is 0.395. The fourth-order valence-corrected chi connectivity index (χ4v) is 1.95. The first kappa shape index (κ1) is 12.4. The number of nitrogens with two attached hydrogens (primary N) is 1. The molecule has 1 heterocycles. The van der Waals surface area contributed by atoms with Crippen molar-refractivity contribution in [3.05, 3.63) is 45.8 Å². The summed E-state index contributed by atoms with van der Waals surface area (Å²) in [4.78, 5) is 23.6. The van der Waals surface area contributed by atoms with E-state index in [0.29, 0.717) is 23.2 Å². The van der Waals surface area contributed by atoms with E-state index in [2.05, 4.69) is 0 Å². The first-order chi connectivity index (χ1) is 8.65. The molecular formula is C14H15NO3. The van der Waals surface area contributed by atoms with E-state index in [1.807, 2.05) is 6.92 Å².